The van der Waals surface area contributed by atoms with Gasteiger partial charge in [0.25, 0.3) is 0 Å². The van der Waals surface area contributed by atoms with E-state index in [0.29, 0.717) is 31.7 Å². The van der Waals surface area contributed by atoms with Crippen molar-refractivity contribution in [3.63, 3.8) is 0 Å². The summed E-state index contributed by atoms with van der Waals surface area (Å²) in [6, 6.07) is 0.0316. The average molecular weight is 285 g/mol. The van der Waals surface area contributed by atoms with Gasteiger partial charge in [0.1, 0.15) is 0 Å². The van der Waals surface area contributed by atoms with Gasteiger partial charge in [0.15, 0.2) is 0 Å². The fourth-order valence-corrected chi connectivity index (χ4v) is 3.10. The second-order valence-electron chi connectivity index (χ2n) is 6.00. The Hall–Kier alpha value is -1.10. The minimum atomic E-state index is -0.856. The number of carbonyl (C=O) groups excluding carboxylic acids is 1. The number of hydrogen-bond acceptors (Lipinski definition) is 3. The van der Waals surface area contributed by atoms with Gasteiger partial charge in [-0.05, 0) is 39.0 Å². The standard InChI is InChI=1S/C15H27NO4/c1-4-11-8-12(13(9-11)15(19)20)14(18)16(10(2)3)6-5-7-17/h10-13,17H,4-9H2,1-3H3,(H,19,20). The Morgan fingerprint density at radius 3 is 2.30 bits per heavy atom. The van der Waals surface area contributed by atoms with E-state index in [1.807, 2.05) is 20.8 Å². The lowest BCUT2D eigenvalue weighted by molar-refractivity contribution is -0.149. The van der Waals surface area contributed by atoms with E-state index >= 15 is 0 Å². The maximum absolute atomic E-state index is 12.7. The van der Waals surface area contributed by atoms with Gasteiger partial charge >= 0.3 is 5.97 Å². The summed E-state index contributed by atoms with van der Waals surface area (Å²) in [6.07, 6.45) is 2.74. The monoisotopic (exact) mass is 285 g/mol. The first-order valence-corrected chi connectivity index (χ1v) is 7.56. The van der Waals surface area contributed by atoms with E-state index in [1.54, 1.807) is 4.90 Å². The van der Waals surface area contributed by atoms with E-state index in [0.717, 1.165) is 6.42 Å². The summed E-state index contributed by atoms with van der Waals surface area (Å²) >= 11 is 0. The molecule has 5 heteroatoms. The molecule has 0 aromatic heterocycles. The lowest BCUT2D eigenvalue weighted by atomic mass is 9.94. The Morgan fingerprint density at radius 1 is 1.25 bits per heavy atom. The van der Waals surface area contributed by atoms with E-state index in [9.17, 15) is 14.7 Å². The number of carboxylic acid groups (broad SMARTS) is 1. The smallest absolute Gasteiger partial charge is 0.307 e. The molecule has 0 saturated heterocycles. The van der Waals surface area contributed by atoms with Crippen molar-refractivity contribution >= 4 is 11.9 Å². The van der Waals surface area contributed by atoms with Gasteiger partial charge < -0.3 is 15.1 Å². The van der Waals surface area contributed by atoms with Crippen molar-refractivity contribution in [1.29, 1.82) is 0 Å². The van der Waals surface area contributed by atoms with Crippen LogP contribution < -0.4 is 0 Å². The molecule has 20 heavy (non-hydrogen) atoms. The molecule has 0 bridgehead atoms. The molecule has 0 heterocycles. The Bertz CT molecular complexity index is 343. The highest BCUT2D eigenvalue weighted by atomic mass is 16.4. The fourth-order valence-electron chi connectivity index (χ4n) is 3.10. The van der Waals surface area contributed by atoms with Crippen LogP contribution in [0.4, 0.5) is 0 Å². The summed E-state index contributed by atoms with van der Waals surface area (Å²) in [5.74, 6) is -1.54. The predicted molar refractivity (Wildman–Crippen MR) is 76.2 cm³/mol. The van der Waals surface area contributed by atoms with Crippen LogP contribution in [0.2, 0.25) is 0 Å². The second-order valence-corrected chi connectivity index (χ2v) is 6.00. The summed E-state index contributed by atoms with van der Waals surface area (Å²) in [4.78, 5) is 25.7. The molecule has 0 radical (unpaired) electrons. The summed E-state index contributed by atoms with van der Waals surface area (Å²) in [7, 11) is 0. The maximum Gasteiger partial charge on any atom is 0.307 e. The third-order valence-electron chi connectivity index (χ3n) is 4.34. The maximum atomic E-state index is 12.7. The average Bonchev–Trinajstić information content (AvgIpc) is 2.82. The van der Waals surface area contributed by atoms with E-state index < -0.39 is 17.8 Å². The lowest BCUT2D eigenvalue weighted by Gasteiger charge is -2.30. The first-order valence-electron chi connectivity index (χ1n) is 7.56. The number of aliphatic hydroxyl groups excluding tert-OH is 1. The van der Waals surface area contributed by atoms with Crippen LogP contribution >= 0.6 is 0 Å². The number of hydrogen-bond donors (Lipinski definition) is 2. The molecule has 3 atom stereocenters. The van der Waals surface area contributed by atoms with E-state index in [4.69, 9.17) is 5.11 Å². The third kappa shape index (κ3) is 3.95. The zero-order valence-corrected chi connectivity index (χ0v) is 12.7. The van der Waals surface area contributed by atoms with Crippen molar-refractivity contribution < 1.29 is 19.8 Å². The molecule has 0 aromatic rings. The van der Waals surface area contributed by atoms with E-state index in [2.05, 4.69) is 0 Å². The number of amides is 1. The molecule has 3 unspecified atom stereocenters. The molecule has 1 aliphatic rings. The molecule has 2 N–H and O–H groups in total. The summed E-state index contributed by atoms with van der Waals surface area (Å²) in [5.41, 5.74) is 0. The molecule has 0 aromatic carbocycles. The highest BCUT2D eigenvalue weighted by molar-refractivity contribution is 5.85. The van der Waals surface area contributed by atoms with Gasteiger partial charge in [-0.15, -0.1) is 0 Å². The number of carboxylic acids is 1. The molecular weight excluding hydrogens is 258 g/mol. The van der Waals surface area contributed by atoms with Crippen molar-refractivity contribution in [2.75, 3.05) is 13.2 Å². The Labute approximate surface area is 121 Å². The van der Waals surface area contributed by atoms with Crippen LogP contribution in [0.1, 0.15) is 46.5 Å². The zero-order chi connectivity index (χ0) is 15.3. The van der Waals surface area contributed by atoms with Gasteiger partial charge in [0, 0.05) is 19.2 Å². The molecule has 1 aliphatic carbocycles. The SMILES string of the molecule is CCC1CC(C(=O)O)C(C(=O)N(CCCO)C(C)C)C1. The van der Waals surface area contributed by atoms with Crippen LogP contribution in [0.15, 0.2) is 0 Å². The number of aliphatic carboxylic acids is 1. The topological polar surface area (TPSA) is 77.8 Å². The van der Waals surface area contributed by atoms with Crippen LogP contribution in [-0.2, 0) is 9.59 Å². The summed E-state index contributed by atoms with van der Waals surface area (Å²) in [6.45, 7) is 6.44. The molecule has 116 valence electrons. The Balaban J connectivity index is 2.82. The van der Waals surface area contributed by atoms with Crippen LogP contribution in [0.25, 0.3) is 0 Å². The third-order valence-corrected chi connectivity index (χ3v) is 4.34. The molecule has 1 fully saturated rings. The van der Waals surface area contributed by atoms with Crippen molar-refractivity contribution in [3.8, 4) is 0 Å². The summed E-state index contributed by atoms with van der Waals surface area (Å²) in [5, 5.41) is 18.3. The van der Waals surface area contributed by atoms with Crippen LogP contribution in [-0.4, -0.2) is 46.2 Å². The van der Waals surface area contributed by atoms with E-state index in [-0.39, 0.29) is 18.6 Å². The first-order chi connectivity index (χ1) is 9.42. The molecular formula is C15H27NO4. The van der Waals surface area contributed by atoms with Crippen LogP contribution in [0, 0.1) is 17.8 Å². The van der Waals surface area contributed by atoms with Gasteiger partial charge in [-0.3, -0.25) is 9.59 Å². The molecule has 0 spiro atoms. The van der Waals surface area contributed by atoms with Gasteiger partial charge in [-0.2, -0.15) is 0 Å². The first kappa shape index (κ1) is 17.0. The van der Waals surface area contributed by atoms with Gasteiger partial charge in [0.2, 0.25) is 5.91 Å². The minimum absolute atomic E-state index is 0.0316. The van der Waals surface area contributed by atoms with Gasteiger partial charge in [-0.25, -0.2) is 0 Å². The minimum Gasteiger partial charge on any atom is -0.481 e. The van der Waals surface area contributed by atoms with Gasteiger partial charge in [0.05, 0.1) is 11.8 Å². The Morgan fingerprint density at radius 2 is 1.85 bits per heavy atom. The Kier molecular flexibility index (Phi) is 6.46. The van der Waals surface area contributed by atoms with Crippen LogP contribution in [0.3, 0.4) is 0 Å². The molecule has 1 saturated carbocycles. The zero-order valence-electron chi connectivity index (χ0n) is 12.7. The lowest BCUT2D eigenvalue weighted by Crippen LogP contribution is -2.43. The van der Waals surface area contributed by atoms with Crippen molar-refractivity contribution in [3.05, 3.63) is 0 Å². The largest absolute Gasteiger partial charge is 0.481 e. The molecule has 0 aliphatic heterocycles. The number of aliphatic hydroxyl groups is 1. The second kappa shape index (κ2) is 7.62. The summed E-state index contributed by atoms with van der Waals surface area (Å²) < 4.78 is 0. The number of carbonyl (C=O) groups is 2. The predicted octanol–water partition coefficient (Wildman–Crippen LogP) is 1.74. The quantitative estimate of drug-likeness (QED) is 0.747. The van der Waals surface area contributed by atoms with E-state index in [1.165, 1.54) is 0 Å². The fraction of sp³-hybridized carbons (Fsp3) is 0.867. The molecule has 5 nitrogen and oxygen atoms in total. The van der Waals surface area contributed by atoms with Crippen LogP contribution in [0.5, 0.6) is 0 Å². The van der Waals surface area contributed by atoms with Crippen molar-refractivity contribution in [2.45, 2.75) is 52.5 Å². The molecule has 1 amide bonds. The molecule has 1 rings (SSSR count). The highest BCUT2D eigenvalue weighted by Gasteiger charge is 2.43. The highest BCUT2D eigenvalue weighted by Crippen LogP contribution is 2.39. The van der Waals surface area contributed by atoms with Gasteiger partial charge in [-0.1, -0.05) is 13.3 Å². The van der Waals surface area contributed by atoms with Crippen molar-refractivity contribution in [1.82, 2.24) is 4.90 Å². The normalized spacial score (nSPS) is 25.9. The number of rotatable bonds is 7. The van der Waals surface area contributed by atoms with Crippen molar-refractivity contribution in [2.24, 2.45) is 17.8 Å². The number of nitrogens with zero attached hydrogens (tertiary/aromatic N) is 1.